The maximum Gasteiger partial charge on any atom is 0.307 e. The molecule has 0 bridgehead atoms. The van der Waals surface area contributed by atoms with E-state index in [-0.39, 0.29) is 28.4 Å². The van der Waals surface area contributed by atoms with Crippen LogP contribution in [-0.2, 0) is 20.7 Å². The zero-order valence-corrected chi connectivity index (χ0v) is 15.5. The zero-order chi connectivity index (χ0) is 17.7. The molecule has 2 saturated heterocycles. The summed E-state index contributed by atoms with van der Waals surface area (Å²) in [7, 11) is 0. The third kappa shape index (κ3) is 4.18. The lowest BCUT2D eigenvalue weighted by atomic mass is 10.0. The molecule has 1 N–H and O–H groups in total. The van der Waals surface area contributed by atoms with Crippen LogP contribution in [0.1, 0.15) is 31.7 Å². The fourth-order valence-corrected chi connectivity index (χ4v) is 5.38. The summed E-state index contributed by atoms with van der Waals surface area (Å²) < 4.78 is 5.06. The van der Waals surface area contributed by atoms with Crippen molar-refractivity contribution in [3.8, 4) is 0 Å². The van der Waals surface area contributed by atoms with Crippen molar-refractivity contribution in [3.63, 3.8) is 0 Å². The maximum atomic E-state index is 13.0. The summed E-state index contributed by atoms with van der Waals surface area (Å²) in [6, 6.07) is 10.3. The van der Waals surface area contributed by atoms with Crippen molar-refractivity contribution < 1.29 is 14.3 Å². The molecule has 1 unspecified atom stereocenters. The lowest BCUT2D eigenvalue weighted by molar-refractivity contribution is -0.145. The lowest BCUT2D eigenvalue weighted by Crippen LogP contribution is -2.51. The molecule has 136 valence electrons. The van der Waals surface area contributed by atoms with Gasteiger partial charge >= 0.3 is 5.97 Å². The van der Waals surface area contributed by atoms with Gasteiger partial charge < -0.3 is 15.0 Å². The minimum Gasteiger partial charge on any atom is -0.466 e. The number of hydrogen-bond donors (Lipinski definition) is 1. The SMILES string of the molecule is CCOC(=O)CC1SC2(CCNCC2)N(CCc2ccccc2)C1=O. The standard InChI is InChI=1S/C19H26N2O3S/c1-2-24-17(22)14-16-18(23)21(13-8-15-6-4-3-5-7-15)19(25-16)9-11-20-12-10-19/h3-7,16,20H,2,8-14H2,1H3. The molecule has 0 saturated carbocycles. The van der Waals surface area contributed by atoms with E-state index in [4.69, 9.17) is 4.74 Å². The molecule has 2 heterocycles. The fourth-order valence-electron chi connectivity index (χ4n) is 3.66. The van der Waals surface area contributed by atoms with Crippen LogP contribution in [0.3, 0.4) is 0 Å². The van der Waals surface area contributed by atoms with E-state index < -0.39 is 0 Å². The van der Waals surface area contributed by atoms with Gasteiger partial charge in [0.05, 0.1) is 23.1 Å². The van der Waals surface area contributed by atoms with Crippen LogP contribution < -0.4 is 5.32 Å². The highest BCUT2D eigenvalue weighted by atomic mass is 32.2. The van der Waals surface area contributed by atoms with Crippen molar-refractivity contribution in [1.82, 2.24) is 10.2 Å². The summed E-state index contributed by atoms with van der Waals surface area (Å²) in [6.45, 7) is 4.68. The van der Waals surface area contributed by atoms with Gasteiger partial charge in [0.15, 0.2) is 0 Å². The summed E-state index contributed by atoms with van der Waals surface area (Å²) in [4.78, 5) is 26.8. The Morgan fingerprint density at radius 1 is 1.32 bits per heavy atom. The van der Waals surface area contributed by atoms with E-state index in [1.807, 2.05) is 23.1 Å². The van der Waals surface area contributed by atoms with Gasteiger partial charge in [0.25, 0.3) is 0 Å². The number of piperidine rings is 1. The first-order valence-corrected chi connectivity index (χ1v) is 9.92. The van der Waals surface area contributed by atoms with Crippen molar-refractivity contribution in [3.05, 3.63) is 35.9 Å². The number of benzene rings is 1. The third-order valence-electron chi connectivity index (χ3n) is 4.90. The predicted molar refractivity (Wildman–Crippen MR) is 99.3 cm³/mol. The number of hydrogen-bond acceptors (Lipinski definition) is 5. The van der Waals surface area contributed by atoms with Gasteiger partial charge in [-0.05, 0) is 44.8 Å². The highest BCUT2D eigenvalue weighted by Gasteiger charge is 2.51. The fraction of sp³-hybridized carbons (Fsp3) is 0.579. The summed E-state index contributed by atoms with van der Waals surface area (Å²) >= 11 is 1.68. The van der Waals surface area contributed by atoms with Gasteiger partial charge in [0.2, 0.25) is 5.91 Å². The van der Waals surface area contributed by atoms with Crippen molar-refractivity contribution in [2.24, 2.45) is 0 Å². The highest BCUT2D eigenvalue weighted by Crippen LogP contribution is 2.48. The Kier molecular flexibility index (Phi) is 6.02. The topological polar surface area (TPSA) is 58.6 Å². The number of nitrogens with one attached hydrogen (secondary N) is 1. The van der Waals surface area contributed by atoms with Crippen molar-refractivity contribution in [2.75, 3.05) is 26.2 Å². The van der Waals surface area contributed by atoms with Gasteiger partial charge in [-0.2, -0.15) is 0 Å². The molecule has 0 aromatic heterocycles. The van der Waals surface area contributed by atoms with Gasteiger partial charge in [-0.15, -0.1) is 11.8 Å². The van der Waals surface area contributed by atoms with Crippen molar-refractivity contribution >= 4 is 23.6 Å². The number of esters is 1. The first-order valence-electron chi connectivity index (χ1n) is 9.04. The van der Waals surface area contributed by atoms with Crippen LogP contribution in [0.4, 0.5) is 0 Å². The minimum atomic E-state index is -0.312. The van der Waals surface area contributed by atoms with Crippen molar-refractivity contribution in [2.45, 2.75) is 42.7 Å². The van der Waals surface area contributed by atoms with Crippen LogP contribution in [0, 0.1) is 0 Å². The van der Waals surface area contributed by atoms with Gasteiger partial charge in [-0.25, -0.2) is 0 Å². The monoisotopic (exact) mass is 362 g/mol. The molecule has 25 heavy (non-hydrogen) atoms. The van der Waals surface area contributed by atoms with Crippen LogP contribution in [0.5, 0.6) is 0 Å². The average Bonchev–Trinajstić information content (AvgIpc) is 2.86. The smallest absolute Gasteiger partial charge is 0.307 e. The lowest BCUT2D eigenvalue weighted by Gasteiger charge is -2.40. The number of rotatable bonds is 6. The first kappa shape index (κ1) is 18.3. The van der Waals surface area contributed by atoms with E-state index >= 15 is 0 Å². The second-order valence-electron chi connectivity index (χ2n) is 6.54. The average molecular weight is 362 g/mol. The summed E-state index contributed by atoms with van der Waals surface area (Å²) in [5.74, 6) is -0.182. The molecule has 6 heteroatoms. The highest BCUT2D eigenvalue weighted by molar-refractivity contribution is 8.02. The Morgan fingerprint density at radius 3 is 2.72 bits per heavy atom. The summed E-state index contributed by atoms with van der Waals surface area (Å²) in [6.07, 6.45) is 2.87. The van der Waals surface area contributed by atoms with Gasteiger partial charge in [-0.3, -0.25) is 9.59 Å². The number of nitrogens with zero attached hydrogens (tertiary/aromatic N) is 1. The molecule has 1 amide bonds. The molecule has 1 spiro atoms. The Bertz CT molecular complexity index is 602. The van der Waals surface area contributed by atoms with Crippen LogP contribution in [0.2, 0.25) is 0 Å². The summed E-state index contributed by atoms with van der Waals surface area (Å²) in [5, 5.41) is 3.07. The van der Waals surface area contributed by atoms with Crippen LogP contribution in [0.25, 0.3) is 0 Å². The number of thioether (sulfide) groups is 1. The summed E-state index contributed by atoms with van der Waals surface area (Å²) in [5.41, 5.74) is 1.23. The number of ether oxygens (including phenoxy) is 1. The largest absolute Gasteiger partial charge is 0.466 e. The second kappa shape index (κ2) is 8.23. The third-order valence-corrected chi connectivity index (χ3v) is 6.62. The Morgan fingerprint density at radius 2 is 2.04 bits per heavy atom. The number of amides is 1. The number of carbonyl (C=O) groups is 2. The van der Waals surface area contributed by atoms with E-state index in [1.54, 1.807) is 18.7 Å². The van der Waals surface area contributed by atoms with E-state index in [1.165, 1.54) is 5.56 Å². The van der Waals surface area contributed by atoms with Gasteiger partial charge in [0, 0.05) is 6.54 Å². The van der Waals surface area contributed by atoms with E-state index in [9.17, 15) is 9.59 Å². The molecule has 5 nitrogen and oxygen atoms in total. The van der Waals surface area contributed by atoms with E-state index in [2.05, 4.69) is 17.4 Å². The molecule has 2 fully saturated rings. The molecule has 1 atom stereocenters. The molecule has 3 rings (SSSR count). The van der Waals surface area contributed by atoms with E-state index in [0.717, 1.165) is 32.4 Å². The number of carbonyl (C=O) groups excluding carboxylic acids is 2. The van der Waals surface area contributed by atoms with E-state index in [0.29, 0.717) is 13.2 Å². The molecular formula is C19H26N2O3S. The van der Waals surface area contributed by atoms with Gasteiger partial charge in [0.1, 0.15) is 0 Å². The Balaban J connectivity index is 1.72. The Hall–Kier alpha value is -1.53. The van der Waals surface area contributed by atoms with Crippen molar-refractivity contribution in [1.29, 1.82) is 0 Å². The molecular weight excluding hydrogens is 336 g/mol. The van der Waals surface area contributed by atoms with Crippen LogP contribution in [-0.4, -0.2) is 53.1 Å². The predicted octanol–water partition coefficient (Wildman–Crippen LogP) is 2.21. The second-order valence-corrected chi connectivity index (χ2v) is 8.10. The Labute approximate surface area is 153 Å². The van der Waals surface area contributed by atoms with Gasteiger partial charge in [-0.1, -0.05) is 30.3 Å². The van der Waals surface area contributed by atoms with Crippen LogP contribution >= 0.6 is 11.8 Å². The minimum absolute atomic E-state index is 0.0934. The zero-order valence-electron chi connectivity index (χ0n) is 14.7. The normalized spacial score (nSPS) is 22.4. The molecule has 0 aliphatic carbocycles. The molecule has 1 aromatic rings. The molecule has 2 aliphatic rings. The maximum absolute atomic E-state index is 13.0. The molecule has 0 radical (unpaired) electrons. The van der Waals surface area contributed by atoms with Crippen LogP contribution in [0.15, 0.2) is 30.3 Å². The first-order chi connectivity index (χ1) is 12.1. The quantitative estimate of drug-likeness (QED) is 0.786. The molecule has 2 aliphatic heterocycles. The molecule has 1 aromatic carbocycles.